The summed E-state index contributed by atoms with van der Waals surface area (Å²) in [5.41, 5.74) is 14.6. The fourth-order valence-corrected chi connectivity index (χ4v) is 15.0. The monoisotopic (exact) mass is 906 g/mol. The van der Waals surface area contributed by atoms with Crippen molar-refractivity contribution in [2.45, 2.75) is 44.9 Å². The second kappa shape index (κ2) is 16.6. The van der Waals surface area contributed by atoms with Gasteiger partial charge in [0.1, 0.15) is 23.0 Å². The number of ether oxygens (including phenoxy) is 2. The van der Waals surface area contributed by atoms with Gasteiger partial charge in [-0.3, -0.25) is 0 Å². The maximum atomic E-state index is 7.66. The van der Waals surface area contributed by atoms with Gasteiger partial charge in [-0.05, 0) is 125 Å². The van der Waals surface area contributed by atoms with Crippen LogP contribution in [0.4, 0.5) is 0 Å². The lowest BCUT2D eigenvalue weighted by Gasteiger charge is -2.27. The molecule has 0 bridgehead atoms. The van der Waals surface area contributed by atoms with Crippen molar-refractivity contribution in [2.24, 2.45) is 0 Å². The molecule has 4 nitrogen and oxygen atoms in total. The Labute approximate surface area is 393 Å². The van der Waals surface area contributed by atoms with Crippen LogP contribution >= 0.6 is 16.3 Å². The molecule has 0 amide bonds. The first-order valence-corrected chi connectivity index (χ1v) is 26.7. The highest BCUT2D eigenvalue weighted by Gasteiger charge is 2.33. The van der Waals surface area contributed by atoms with Gasteiger partial charge in [-0.25, -0.2) is 0 Å². The van der Waals surface area contributed by atoms with Crippen molar-refractivity contribution in [1.29, 1.82) is 0 Å². The van der Waals surface area contributed by atoms with Crippen LogP contribution in [0.2, 0.25) is 0 Å². The molecule has 67 heavy (non-hydrogen) atoms. The van der Waals surface area contributed by atoms with Crippen molar-refractivity contribution in [3.63, 3.8) is 0 Å². The van der Waals surface area contributed by atoms with Gasteiger partial charge in [-0.15, -0.1) is 0 Å². The summed E-state index contributed by atoms with van der Waals surface area (Å²) in [4.78, 5) is 0. The number of aryl methyl sites for hydroxylation is 2. The van der Waals surface area contributed by atoms with E-state index in [0.29, 0.717) is 13.2 Å². The molecule has 3 heterocycles. The second-order valence-corrected chi connectivity index (χ2v) is 21.8. The van der Waals surface area contributed by atoms with E-state index in [1.165, 1.54) is 87.6 Å². The lowest BCUT2D eigenvalue weighted by Crippen LogP contribution is -2.03. The van der Waals surface area contributed by atoms with Crippen LogP contribution in [0.1, 0.15) is 39.8 Å². The van der Waals surface area contributed by atoms with Crippen molar-refractivity contribution >= 4 is 59.4 Å². The summed E-state index contributed by atoms with van der Waals surface area (Å²) in [5.74, 6) is 3.29. The minimum absolute atomic E-state index is 0.538. The molecule has 0 saturated heterocycles. The first kappa shape index (κ1) is 40.6. The number of hydrogen-bond donors (Lipinski definition) is 0. The van der Waals surface area contributed by atoms with E-state index >= 15 is 0 Å². The molecule has 0 atom stereocenters. The van der Waals surface area contributed by atoms with Crippen LogP contribution in [0.15, 0.2) is 170 Å². The lowest BCUT2D eigenvalue weighted by molar-refractivity contribution is 0.252. The van der Waals surface area contributed by atoms with Crippen LogP contribution in [0.25, 0.3) is 76.5 Å². The average Bonchev–Trinajstić information content (AvgIpc) is 3.59. The van der Waals surface area contributed by atoms with Crippen molar-refractivity contribution in [3.8, 4) is 56.4 Å². The summed E-state index contributed by atoms with van der Waals surface area (Å²) in [6, 6.07) is 62.4. The van der Waals surface area contributed by atoms with Gasteiger partial charge in [-0.2, -0.15) is 0 Å². The number of rotatable bonds is 4. The zero-order chi connectivity index (χ0) is 44.6. The van der Waals surface area contributed by atoms with E-state index in [1.54, 1.807) is 0 Å². The van der Waals surface area contributed by atoms with Gasteiger partial charge in [0.25, 0.3) is 0 Å². The van der Waals surface area contributed by atoms with E-state index in [-0.39, 0.29) is 0 Å². The van der Waals surface area contributed by atoms with Gasteiger partial charge in [0.05, 0.1) is 40.6 Å². The molecule has 0 aromatic heterocycles. The van der Waals surface area contributed by atoms with Gasteiger partial charge in [0, 0.05) is 31.1 Å². The Hall–Kier alpha value is -6.70. The quantitative estimate of drug-likeness (QED) is 0.165. The Bertz CT molecular complexity index is 3220. The zero-order valence-electron chi connectivity index (χ0n) is 37.6. The minimum Gasteiger partial charge on any atom is -0.493 e. The standard InChI is InChI=1S/C61H48O4P2/c1-38-20-30-52-58(60(38)64-66-34-44-26-22-40-12-3-7-16-48(40)54(44)55-45(35-66)27-23-41-13-4-8-17-49(41)55)59-53(63-33-11-32-62-52)31-21-39(2)61(59)65-67-36-46-28-24-42-14-5-9-18-50(42)56(46)57-47(37-67)29-25-43-15-6-10-19-51(43)57/h3-10,12-31H,11,32-37H2,1-2H3. The molecule has 10 aromatic rings. The number of hydrogen-bond acceptors (Lipinski definition) is 4. The molecule has 6 heteroatoms. The van der Waals surface area contributed by atoms with E-state index in [9.17, 15) is 0 Å². The first-order chi connectivity index (χ1) is 33.0. The summed E-state index contributed by atoms with van der Waals surface area (Å²) in [7, 11) is -2.12. The van der Waals surface area contributed by atoms with E-state index < -0.39 is 16.3 Å². The zero-order valence-corrected chi connectivity index (χ0v) is 39.4. The van der Waals surface area contributed by atoms with Crippen molar-refractivity contribution in [1.82, 2.24) is 0 Å². The van der Waals surface area contributed by atoms with Crippen molar-refractivity contribution < 1.29 is 18.5 Å². The second-order valence-electron chi connectivity index (χ2n) is 18.3. The summed E-state index contributed by atoms with van der Waals surface area (Å²) in [6.45, 7) is 5.42. The highest BCUT2D eigenvalue weighted by molar-refractivity contribution is 7.51. The van der Waals surface area contributed by atoms with Gasteiger partial charge < -0.3 is 18.5 Å². The van der Waals surface area contributed by atoms with Crippen LogP contribution in [-0.2, 0) is 24.6 Å². The molecule has 13 rings (SSSR count). The molecule has 0 saturated carbocycles. The average molecular weight is 907 g/mol. The molecule has 0 unspecified atom stereocenters. The minimum atomic E-state index is -1.06. The SMILES string of the molecule is Cc1ccc2c(c1OP1Cc3ccc4ccccc4c3-c3c(ccc4ccccc34)C1)-c1c(ccc(C)c1OP1Cc3ccc4ccccc4c3-c3c(ccc4ccccc34)C1)OCCCO2. The third-order valence-electron chi connectivity index (χ3n) is 14.1. The molecule has 0 radical (unpaired) electrons. The van der Waals surface area contributed by atoms with Crippen LogP contribution in [0.3, 0.4) is 0 Å². The van der Waals surface area contributed by atoms with Gasteiger partial charge in [0.2, 0.25) is 0 Å². The number of fused-ring (bicyclic) bond motifs is 17. The summed E-state index contributed by atoms with van der Waals surface area (Å²) in [5, 5.41) is 10.2. The highest BCUT2D eigenvalue weighted by atomic mass is 31.1. The Balaban J connectivity index is 0.960. The van der Waals surface area contributed by atoms with Crippen LogP contribution < -0.4 is 18.5 Å². The van der Waals surface area contributed by atoms with E-state index in [2.05, 4.69) is 184 Å². The Morgan fingerprint density at radius 3 is 0.985 bits per heavy atom. The highest BCUT2D eigenvalue weighted by Crippen LogP contribution is 2.61. The summed E-state index contributed by atoms with van der Waals surface area (Å²) >= 11 is 0. The number of benzene rings is 10. The molecule has 326 valence electrons. The molecule has 0 fully saturated rings. The predicted molar refractivity (Wildman–Crippen MR) is 281 cm³/mol. The largest absolute Gasteiger partial charge is 0.493 e. The Morgan fingerprint density at radius 1 is 0.343 bits per heavy atom. The van der Waals surface area contributed by atoms with E-state index in [4.69, 9.17) is 18.5 Å². The molecular weight excluding hydrogens is 859 g/mol. The fraction of sp³-hybridized carbons (Fsp3) is 0.148. The molecule has 3 aliphatic heterocycles. The van der Waals surface area contributed by atoms with Gasteiger partial charge in [0.15, 0.2) is 0 Å². The van der Waals surface area contributed by atoms with Crippen LogP contribution in [-0.4, -0.2) is 13.2 Å². The van der Waals surface area contributed by atoms with E-state index in [1.807, 2.05) is 0 Å². The smallest absolute Gasteiger partial charge is 0.138 e. The fourth-order valence-electron chi connectivity index (χ4n) is 10.9. The molecule has 0 spiro atoms. The van der Waals surface area contributed by atoms with Gasteiger partial charge >= 0.3 is 0 Å². The summed E-state index contributed by atoms with van der Waals surface area (Å²) < 4.78 is 28.8. The predicted octanol–water partition coefficient (Wildman–Crippen LogP) is 17.1. The van der Waals surface area contributed by atoms with Crippen LogP contribution in [0.5, 0.6) is 23.0 Å². The van der Waals surface area contributed by atoms with Crippen molar-refractivity contribution in [2.75, 3.05) is 13.2 Å². The first-order valence-electron chi connectivity index (χ1n) is 23.5. The van der Waals surface area contributed by atoms with E-state index in [0.717, 1.165) is 76.3 Å². The normalized spacial score (nSPS) is 14.7. The summed E-state index contributed by atoms with van der Waals surface area (Å²) in [6.07, 6.45) is 4.03. The molecular formula is C61H48O4P2. The van der Waals surface area contributed by atoms with Crippen LogP contribution in [0, 0.1) is 13.8 Å². The molecule has 3 aliphatic rings. The topological polar surface area (TPSA) is 36.9 Å². The Kier molecular flexibility index (Phi) is 10.0. The Morgan fingerprint density at radius 2 is 0.657 bits per heavy atom. The van der Waals surface area contributed by atoms with Crippen molar-refractivity contribution in [3.05, 3.63) is 203 Å². The maximum absolute atomic E-state index is 7.66. The maximum Gasteiger partial charge on any atom is 0.138 e. The molecule has 0 aliphatic carbocycles. The lowest BCUT2D eigenvalue weighted by atomic mass is 9.88. The molecule has 0 N–H and O–H groups in total. The van der Waals surface area contributed by atoms with Gasteiger partial charge in [-0.1, -0.05) is 158 Å². The third kappa shape index (κ3) is 6.96. The third-order valence-corrected chi connectivity index (χ3v) is 17.7. The molecule has 10 aromatic carbocycles.